The van der Waals surface area contributed by atoms with E-state index in [0.29, 0.717) is 19.5 Å². The van der Waals surface area contributed by atoms with Gasteiger partial charge < -0.3 is 40.2 Å². The van der Waals surface area contributed by atoms with E-state index in [0.717, 1.165) is 70.2 Å². The molecule has 4 fully saturated rings. The molecule has 4 heterocycles. The van der Waals surface area contributed by atoms with Crippen molar-refractivity contribution >= 4 is 17.9 Å². The molecule has 4 aliphatic rings. The minimum absolute atomic E-state index is 0.0449. The third kappa shape index (κ3) is 11.2. The lowest BCUT2D eigenvalue weighted by molar-refractivity contribution is -0.127. The standard InChI is InChI=1S/C34H54N4O7/c1-23(8-11-27-20-34(22-42-34)21-28(45-27)19-32(40)36-15-14-35)9-12-30-24(2)18-29(26(4)44-30)37-31(39)13-10-25(3)43-33(41)38-16-6-5-7-17-38/h8-11,13,24-30H,5-7,12,14-22,35H2,1-4H3,(H,36,40)(H,37,39)/b11-8+,13-10-,23-9+/t24-,25-,26+,27+,28+,29+,30?,34+/m0/s1. The summed E-state index contributed by atoms with van der Waals surface area (Å²) in [4.78, 5) is 38.9. The van der Waals surface area contributed by atoms with Crippen LogP contribution in [-0.2, 0) is 28.5 Å². The molecule has 4 rings (SSSR count). The highest BCUT2D eigenvalue weighted by Crippen LogP contribution is 2.43. The number of nitrogens with zero attached hydrogens (tertiary/aromatic N) is 1. The lowest BCUT2D eigenvalue weighted by Gasteiger charge is -2.39. The molecule has 1 spiro atoms. The van der Waals surface area contributed by atoms with Crippen LogP contribution in [0.25, 0.3) is 0 Å². The van der Waals surface area contributed by atoms with Crippen LogP contribution in [0, 0.1) is 5.92 Å². The quantitative estimate of drug-likeness (QED) is 0.169. The summed E-state index contributed by atoms with van der Waals surface area (Å²) in [6.45, 7) is 11.0. The monoisotopic (exact) mass is 630 g/mol. The molecule has 11 heteroatoms. The summed E-state index contributed by atoms with van der Waals surface area (Å²) >= 11 is 0. The molecular formula is C34H54N4O7. The number of carbonyl (C=O) groups excluding carboxylic acids is 3. The highest BCUT2D eigenvalue weighted by atomic mass is 16.6. The second-order valence-corrected chi connectivity index (χ2v) is 13.3. The van der Waals surface area contributed by atoms with Crippen LogP contribution in [0.5, 0.6) is 0 Å². The molecule has 0 radical (unpaired) electrons. The van der Waals surface area contributed by atoms with E-state index in [1.807, 2.05) is 6.92 Å². The van der Waals surface area contributed by atoms with Crippen molar-refractivity contribution in [2.24, 2.45) is 11.7 Å². The van der Waals surface area contributed by atoms with E-state index in [4.69, 9.17) is 24.7 Å². The van der Waals surface area contributed by atoms with Gasteiger partial charge in [-0.15, -0.1) is 0 Å². The van der Waals surface area contributed by atoms with Crippen molar-refractivity contribution in [3.8, 4) is 0 Å². The number of allylic oxidation sites excluding steroid dienone is 2. The van der Waals surface area contributed by atoms with Crippen LogP contribution in [0.2, 0.25) is 0 Å². The highest BCUT2D eigenvalue weighted by molar-refractivity contribution is 5.87. The van der Waals surface area contributed by atoms with Gasteiger partial charge in [-0.3, -0.25) is 9.59 Å². The van der Waals surface area contributed by atoms with E-state index < -0.39 is 6.10 Å². The number of ether oxygens (including phenoxy) is 4. The Labute approximate surface area is 268 Å². The second kappa shape index (κ2) is 16.7. The van der Waals surface area contributed by atoms with Crippen molar-refractivity contribution in [1.82, 2.24) is 15.5 Å². The number of hydrogen-bond acceptors (Lipinski definition) is 8. The fourth-order valence-electron chi connectivity index (χ4n) is 6.42. The largest absolute Gasteiger partial charge is 0.442 e. The zero-order chi connectivity index (χ0) is 32.4. The van der Waals surface area contributed by atoms with E-state index in [9.17, 15) is 14.4 Å². The molecule has 4 saturated heterocycles. The Kier molecular flexibility index (Phi) is 13.1. The normalized spacial score (nSPS) is 32.9. The van der Waals surface area contributed by atoms with Crippen LogP contribution < -0.4 is 16.4 Å². The number of piperidine rings is 1. The Hall–Kier alpha value is -2.73. The van der Waals surface area contributed by atoms with Crippen LogP contribution in [0.15, 0.2) is 36.0 Å². The van der Waals surface area contributed by atoms with Crippen molar-refractivity contribution in [2.75, 3.05) is 32.8 Å². The summed E-state index contributed by atoms with van der Waals surface area (Å²) in [5.74, 6) is -0.00578. The van der Waals surface area contributed by atoms with Crippen LogP contribution in [0.3, 0.4) is 0 Å². The summed E-state index contributed by atoms with van der Waals surface area (Å²) in [6.07, 6.45) is 14.8. The van der Waals surface area contributed by atoms with Gasteiger partial charge in [-0.05, 0) is 64.9 Å². The van der Waals surface area contributed by atoms with E-state index in [-0.39, 0.29) is 59.9 Å². The maximum Gasteiger partial charge on any atom is 0.410 e. The van der Waals surface area contributed by atoms with Crippen molar-refractivity contribution in [2.45, 2.75) is 121 Å². The van der Waals surface area contributed by atoms with Gasteiger partial charge in [-0.25, -0.2) is 4.79 Å². The topological polar surface area (TPSA) is 145 Å². The lowest BCUT2D eigenvalue weighted by Crippen LogP contribution is -2.50. The molecule has 252 valence electrons. The summed E-state index contributed by atoms with van der Waals surface area (Å²) in [7, 11) is 0. The summed E-state index contributed by atoms with van der Waals surface area (Å²) in [6, 6.07) is -0.102. The molecule has 8 atom stereocenters. The molecule has 4 N–H and O–H groups in total. The minimum Gasteiger partial charge on any atom is -0.442 e. The van der Waals surface area contributed by atoms with Crippen molar-refractivity contribution in [3.05, 3.63) is 36.0 Å². The average Bonchev–Trinajstić information content (AvgIpc) is 3.76. The fourth-order valence-corrected chi connectivity index (χ4v) is 6.42. The molecule has 3 amide bonds. The number of nitrogens with one attached hydrogen (secondary N) is 2. The first kappa shape index (κ1) is 35.1. The Morgan fingerprint density at radius 2 is 1.87 bits per heavy atom. The number of epoxide rings is 1. The molecule has 0 aliphatic carbocycles. The van der Waals surface area contributed by atoms with E-state index in [2.05, 4.69) is 42.7 Å². The average molecular weight is 631 g/mol. The van der Waals surface area contributed by atoms with Gasteiger partial charge in [0.2, 0.25) is 11.8 Å². The van der Waals surface area contributed by atoms with Crippen molar-refractivity contribution in [1.29, 1.82) is 0 Å². The molecule has 45 heavy (non-hydrogen) atoms. The van der Waals surface area contributed by atoms with Gasteiger partial charge in [0.25, 0.3) is 0 Å². The third-order valence-corrected chi connectivity index (χ3v) is 9.18. The van der Waals surface area contributed by atoms with Gasteiger partial charge in [-0.1, -0.05) is 30.7 Å². The molecule has 0 saturated carbocycles. The Morgan fingerprint density at radius 3 is 2.58 bits per heavy atom. The number of rotatable bonds is 12. The van der Waals surface area contributed by atoms with Crippen LogP contribution in [0.4, 0.5) is 4.79 Å². The Bertz CT molecular complexity index is 1100. The number of carbonyl (C=O) groups is 3. The first-order chi connectivity index (χ1) is 21.6. The zero-order valence-corrected chi connectivity index (χ0v) is 27.5. The number of hydrogen-bond donors (Lipinski definition) is 3. The summed E-state index contributed by atoms with van der Waals surface area (Å²) < 4.78 is 23.8. The van der Waals surface area contributed by atoms with Crippen LogP contribution >= 0.6 is 0 Å². The van der Waals surface area contributed by atoms with Gasteiger partial charge >= 0.3 is 6.09 Å². The predicted octanol–water partition coefficient (Wildman–Crippen LogP) is 3.53. The molecule has 0 aromatic rings. The smallest absolute Gasteiger partial charge is 0.410 e. The fraction of sp³-hybridized carbons (Fsp3) is 0.735. The first-order valence-corrected chi connectivity index (χ1v) is 16.8. The number of nitrogens with two attached hydrogens (primary N) is 1. The zero-order valence-electron chi connectivity index (χ0n) is 27.5. The molecule has 0 bridgehead atoms. The molecule has 0 aromatic heterocycles. The number of amides is 3. The van der Waals surface area contributed by atoms with E-state index in [1.54, 1.807) is 17.9 Å². The minimum atomic E-state index is -0.486. The van der Waals surface area contributed by atoms with Gasteiger partial charge in [0.1, 0.15) is 6.10 Å². The van der Waals surface area contributed by atoms with Gasteiger partial charge in [0.15, 0.2) is 0 Å². The molecule has 0 aromatic carbocycles. The Balaban J connectivity index is 1.19. The third-order valence-electron chi connectivity index (χ3n) is 9.18. The molecule has 4 aliphatic heterocycles. The molecule has 11 nitrogen and oxygen atoms in total. The predicted molar refractivity (Wildman–Crippen MR) is 171 cm³/mol. The molecular weight excluding hydrogens is 576 g/mol. The van der Waals surface area contributed by atoms with Crippen molar-refractivity contribution < 1.29 is 33.3 Å². The first-order valence-electron chi connectivity index (χ1n) is 16.8. The maximum atomic E-state index is 12.6. The maximum absolute atomic E-state index is 12.6. The van der Waals surface area contributed by atoms with Crippen molar-refractivity contribution in [3.63, 3.8) is 0 Å². The van der Waals surface area contributed by atoms with E-state index in [1.165, 1.54) is 6.08 Å². The van der Waals surface area contributed by atoms with Gasteiger partial charge in [-0.2, -0.15) is 0 Å². The van der Waals surface area contributed by atoms with E-state index >= 15 is 0 Å². The SMILES string of the molecule is CC(/C=C/[C@@H]1C[C@]2(CO2)C[C@@H](CC(=O)NCCN)O1)=C\CC1O[C@H](C)[C@H](NC(=O)/C=C\[C@H](C)OC(=O)N2CCCCC2)C[C@@H]1C. The summed E-state index contributed by atoms with van der Waals surface area (Å²) in [5, 5.41) is 5.89. The lowest BCUT2D eigenvalue weighted by atomic mass is 9.88. The molecule has 1 unspecified atom stereocenters. The number of likely N-dealkylation sites (tertiary alicyclic amines) is 1. The Morgan fingerprint density at radius 1 is 1.11 bits per heavy atom. The van der Waals surface area contributed by atoms with Gasteiger partial charge in [0, 0.05) is 45.1 Å². The second-order valence-electron chi connectivity index (χ2n) is 13.3. The summed E-state index contributed by atoms with van der Waals surface area (Å²) in [5.41, 5.74) is 6.45. The van der Waals surface area contributed by atoms with Crippen LogP contribution in [0.1, 0.15) is 79.1 Å². The van der Waals surface area contributed by atoms with Crippen LogP contribution in [-0.4, -0.2) is 97.8 Å². The highest BCUT2D eigenvalue weighted by Gasteiger charge is 2.51. The van der Waals surface area contributed by atoms with Gasteiger partial charge in [0.05, 0.1) is 49.1 Å².